The van der Waals surface area contributed by atoms with Gasteiger partial charge in [-0.3, -0.25) is 0 Å². The predicted molar refractivity (Wildman–Crippen MR) is 282 cm³/mol. The van der Waals surface area contributed by atoms with E-state index in [2.05, 4.69) is 56.9 Å². The quantitative estimate of drug-likeness (QED) is 0.0220. The van der Waals surface area contributed by atoms with E-state index in [1.54, 1.807) is 6.20 Å². The molecule has 0 fully saturated rings. The molecule has 7 heteroatoms. The molecule has 5 rings (SSSR count). The van der Waals surface area contributed by atoms with Crippen LogP contribution >= 0.6 is 0 Å². The van der Waals surface area contributed by atoms with Crippen LogP contribution in [0.4, 0.5) is 0 Å². The molecule has 0 aliphatic rings. The lowest BCUT2D eigenvalue weighted by Crippen LogP contribution is -2.04. The molecule has 366 valence electrons. The molecule has 0 aliphatic heterocycles. The summed E-state index contributed by atoms with van der Waals surface area (Å²) in [6.45, 7) is 11.8. The van der Waals surface area contributed by atoms with Gasteiger partial charge in [0, 0.05) is 17.0 Å². The fourth-order valence-corrected chi connectivity index (χ4v) is 9.35. The van der Waals surface area contributed by atoms with Crippen molar-refractivity contribution in [2.45, 2.75) is 233 Å². The molecule has 7 nitrogen and oxygen atoms in total. The summed E-state index contributed by atoms with van der Waals surface area (Å²) >= 11 is 0. The molecule has 0 amide bonds. The maximum absolute atomic E-state index is 6.73. The van der Waals surface area contributed by atoms with Crippen LogP contribution in [-0.2, 0) is 0 Å². The van der Waals surface area contributed by atoms with E-state index < -0.39 is 0 Å². The first-order chi connectivity index (χ1) is 32.7. The average molecular weight is 906 g/mol. The lowest BCUT2D eigenvalue weighted by molar-refractivity contribution is 0.258. The summed E-state index contributed by atoms with van der Waals surface area (Å²) in [5.74, 6) is 3.17. The number of benzene rings is 3. The van der Waals surface area contributed by atoms with Crippen molar-refractivity contribution in [3.05, 3.63) is 42.6 Å². The third kappa shape index (κ3) is 18.3. The van der Waals surface area contributed by atoms with Crippen molar-refractivity contribution in [1.29, 1.82) is 0 Å². The molecule has 0 N–H and O–H groups in total. The van der Waals surface area contributed by atoms with Crippen LogP contribution < -0.4 is 18.9 Å². The monoisotopic (exact) mass is 906 g/mol. The van der Waals surface area contributed by atoms with Gasteiger partial charge in [0.25, 0.3) is 0 Å². The van der Waals surface area contributed by atoms with Crippen LogP contribution in [0, 0.1) is 0 Å². The first-order valence-corrected chi connectivity index (χ1v) is 27.7. The van der Waals surface area contributed by atoms with Crippen LogP contribution in [-0.4, -0.2) is 41.4 Å². The third-order valence-electron chi connectivity index (χ3n) is 13.4. The van der Waals surface area contributed by atoms with Crippen LogP contribution in [0.15, 0.2) is 42.6 Å². The Morgan fingerprint density at radius 1 is 0.333 bits per heavy atom. The molecule has 3 aromatic carbocycles. The number of pyridine rings is 1. The normalized spacial score (nSPS) is 11.7. The topological polar surface area (TPSA) is 75.6 Å². The van der Waals surface area contributed by atoms with Crippen LogP contribution in [0.25, 0.3) is 43.7 Å². The molecular formula is C59H91N3O4. The van der Waals surface area contributed by atoms with E-state index in [0.717, 1.165) is 86.8 Å². The molecule has 0 aliphatic carbocycles. The Bertz CT molecular complexity index is 1920. The summed E-state index contributed by atoms with van der Waals surface area (Å²) in [6.07, 6.45) is 42.1. The van der Waals surface area contributed by atoms with E-state index in [0.29, 0.717) is 32.1 Å². The molecule has 66 heavy (non-hydrogen) atoms. The smallest absolute Gasteiger partial charge is 0.178 e. The number of ether oxygens (including phenoxy) is 4. The summed E-state index contributed by atoms with van der Waals surface area (Å²) < 4.78 is 26.8. The van der Waals surface area contributed by atoms with Crippen molar-refractivity contribution in [3.63, 3.8) is 0 Å². The zero-order valence-electron chi connectivity index (χ0n) is 42.5. The molecular weight excluding hydrogens is 815 g/mol. The van der Waals surface area contributed by atoms with E-state index >= 15 is 0 Å². The summed E-state index contributed by atoms with van der Waals surface area (Å²) in [5.41, 5.74) is 3.07. The zero-order chi connectivity index (χ0) is 46.3. The molecule has 0 radical (unpaired) electrons. The molecule has 5 aromatic rings. The highest BCUT2D eigenvalue weighted by Crippen LogP contribution is 2.44. The lowest BCUT2D eigenvalue weighted by Gasteiger charge is -2.19. The van der Waals surface area contributed by atoms with Gasteiger partial charge in [-0.1, -0.05) is 207 Å². The van der Waals surface area contributed by atoms with Gasteiger partial charge in [-0.25, -0.2) is 15.0 Å². The summed E-state index contributed by atoms with van der Waals surface area (Å²) in [4.78, 5) is 15.2. The third-order valence-corrected chi connectivity index (χ3v) is 13.4. The maximum atomic E-state index is 6.73. The number of rotatable bonds is 40. The van der Waals surface area contributed by atoms with E-state index in [1.807, 2.05) is 12.1 Å². The number of nitrogens with zero attached hydrogens (tertiary/aromatic N) is 3. The number of unbranched alkanes of at least 4 members (excludes halogenated alkanes) is 28. The van der Waals surface area contributed by atoms with Gasteiger partial charge in [0.15, 0.2) is 28.6 Å². The Hall–Kier alpha value is -3.87. The van der Waals surface area contributed by atoms with Gasteiger partial charge in [0.05, 0.1) is 37.5 Å². The van der Waals surface area contributed by atoms with Crippen molar-refractivity contribution in [2.75, 3.05) is 26.4 Å². The van der Waals surface area contributed by atoms with Crippen molar-refractivity contribution >= 4 is 43.7 Å². The van der Waals surface area contributed by atoms with Gasteiger partial charge >= 0.3 is 0 Å². The minimum absolute atomic E-state index is 0.638. The van der Waals surface area contributed by atoms with Crippen LogP contribution in [0.3, 0.4) is 0 Å². The molecule has 0 spiro atoms. The van der Waals surface area contributed by atoms with Gasteiger partial charge in [-0.15, -0.1) is 0 Å². The minimum atomic E-state index is 0.638. The summed E-state index contributed by atoms with van der Waals surface area (Å²) in [7, 11) is 0. The van der Waals surface area contributed by atoms with E-state index in [4.69, 9.17) is 28.9 Å². The maximum Gasteiger partial charge on any atom is 0.178 e. The second-order valence-corrected chi connectivity index (χ2v) is 19.2. The molecule has 0 atom stereocenters. The zero-order valence-corrected chi connectivity index (χ0v) is 42.5. The standard InChI is InChI=1S/C59H91N3O4/c1-5-9-13-17-21-25-29-33-40-63-53-44-48-49-45-54(64-41-34-30-26-22-18-14-10-6-2)56(66-43-36-32-28-24-20-16-12-8-4)47-51(49)58-57(61-52-38-37-39-60-59(52)62-58)50(48)46-55(53)65-42-35-31-27-23-19-15-11-7-3/h37-39,44-47H,5-36,40-43H2,1-4H3. The van der Waals surface area contributed by atoms with E-state index in [1.165, 1.54) is 180 Å². The van der Waals surface area contributed by atoms with E-state index in [9.17, 15) is 0 Å². The number of hydrogen-bond donors (Lipinski definition) is 0. The van der Waals surface area contributed by atoms with Gasteiger partial charge < -0.3 is 18.9 Å². The highest BCUT2D eigenvalue weighted by Gasteiger charge is 2.20. The Morgan fingerprint density at radius 3 is 0.955 bits per heavy atom. The molecule has 2 aromatic heterocycles. The summed E-state index contributed by atoms with van der Waals surface area (Å²) in [5, 5.41) is 4.11. The number of aromatic nitrogens is 3. The molecule has 0 saturated heterocycles. The lowest BCUT2D eigenvalue weighted by atomic mass is 9.98. The highest BCUT2D eigenvalue weighted by molar-refractivity contribution is 6.24. The van der Waals surface area contributed by atoms with Gasteiger partial charge in [-0.05, 0) is 72.9 Å². The SMILES string of the molecule is CCCCCCCCCCOc1cc2c3cc(OCCCCCCCCCC)c(OCCCCCCCCCC)cc3c3nc4ncccc4nc3c2cc1OCCCCCCCCCC. The second kappa shape index (κ2) is 32.8. The molecule has 0 saturated carbocycles. The predicted octanol–water partition coefficient (Wildman–Crippen LogP) is 18.6. The van der Waals surface area contributed by atoms with E-state index in [-0.39, 0.29) is 0 Å². The van der Waals surface area contributed by atoms with Gasteiger partial charge in [-0.2, -0.15) is 0 Å². The minimum Gasteiger partial charge on any atom is -0.490 e. The fraction of sp³-hybridized carbons (Fsp3) is 0.678. The first kappa shape index (κ1) is 53.1. The van der Waals surface area contributed by atoms with Crippen molar-refractivity contribution in [3.8, 4) is 23.0 Å². The van der Waals surface area contributed by atoms with Crippen LogP contribution in [0.2, 0.25) is 0 Å². The van der Waals surface area contributed by atoms with Crippen molar-refractivity contribution in [1.82, 2.24) is 15.0 Å². The molecule has 2 heterocycles. The number of hydrogen-bond acceptors (Lipinski definition) is 7. The van der Waals surface area contributed by atoms with Gasteiger partial charge in [0.2, 0.25) is 0 Å². The Morgan fingerprint density at radius 2 is 0.621 bits per heavy atom. The fourth-order valence-electron chi connectivity index (χ4n) is 9.35. The number of fused-ring (bicyclic) bond motifs is 7. The largest absolute Gasteiger partial charge is 0.490 e. The summed E-state index contributed by atoms with van der Waals surface area (Å²) in [6, 6.07) is 12.7. The van der Waals surface area contributed by atoms with Crippen molar-refractivity contribution in [2.24, 2.45) is 0 Å². The molecule has 0 bridgehead atoms. The second-order valence-electron chi connectivity index (χ2n) is 19.2. The Balaban J connectivity index is 1.46. The van der Waals surface area contributed by atoms with Crippen LogP contribution in [0.1, 0.15) is 233 Å². The van der Waals surface area contributed by atoms with Gasteiger partial charge in [0.1, 0.15) is 5.52 Å². The molecule has 0 unspecified atom stereocenters. The first-order valence-electron chi connectivity index (χ1n) is 27.7. The Kier molecular flexibility index (Phi) is 26.4. The van der Waals surface area contributed by atoms with Crippen LogP contribution in [0.5, 0.6) is 23.0 Å². The highest BCUT2D eigenvalue weighted by atomic mass is 16.5. The van der Waals surface area contributed by atoms with Crippen molar-refractivity contribution < 1.29 is 18.9 Å². The Labute approximate surface area is 401 Å². The average Bonchev–Trinajstić information content (AvgIpc) is 3.34.